The minimum absolute atomic E-state index is 0. The molecule has 0 aliphatic carbocycles. The SMILES string of the molecule is CC(=O)CC(=O)O.[Pr]. The topological polar surface area (TPSA) is 54.4 Å². The van der Waals surface area contributed by atoms with E-state index in [4.69, 9.17) is 5.11 Å². The summed E-state index contributed by atoms with van der Waals surface area (Å²) in [6.07, 6.45) is -0.361. The first-order valence-corrected chi connectivity index (χ1v) is 1.84. The molecule has 8 heavy (non-hydrogen) atoms. The number of carbonyl (C=O) groups excluding carboxylic acids is 1. The summed E-state index contributed by atoms with van der Waals surface area (Å²) in [5.41, 5.74) is 0. The summed E-state index contributed by atoms with van der Waals surface area (Å²) in [4.78, 5) is 19.5. The molecule has 0 saturated heterocycles. The number of rotatable bonds is 2. The number of carboxylic acids is 1. The average Bonchev–Trinajstić information content (AvgIpc) is 1.27. The first kappa shape index (κ1) is 11.3. The van der Waals surface area contributed by atoms with Gasteiger partial charge < -0.3 is 5.11 Å². The fourth-order valence-electron chi connectivity index (χ4n) is 0.213. The minimum atomic E-state index is -1.06. The largest absolute Gasteiger partial charge is 0.481 e. The third-order valence-corrected chi connectivity index (χ3v) is 0.400. The van der Waals surface area contributed by atoms with Gasteiger partial charge in [-0.15, -0.1) is 0 Å². The Labute approximate surface area is 80.4 Å². The van der Waals surface area contributed by atoms with Crippen LogP contribution in [0.2, 0.25) is 0 Å². The maximum atomic E-state index is 9.87. The molecule has 4 heteroatoms. The van der Waals surface area contributed by atoms with E-state index in [0.717, 1.165) is 0 Å². The molecular formula is C4H6O3Pr. The van der Waals surface area contributed by atoms with Gasteiger partial charge in [0.25, 0.3) is 0 Å². The van der Waals surface area contributed by atoms with Crippen LogP contribution in [0.25, 0.3) is 0 Å². The number of hydrogen-bond acceptors (Lipinski definition) is 2. The molecule has 1 N–H and O–H groups in total. The van der Waals surface area contributed by atoms with Gasteiger partial charge in [-0.1, -0.05) is 0 Å². The fourth-order valence-corrected chi connectivity index (χ4v) is 0.213. The molecule has 0 aromatic rings. The van der Waals surface area contributed by atoms with Crippen LogP contribution >= 0.6 is 0 Å². The van der Waals surface area contributed by atoms with E-state index in [1.807, 2.05) is 0 Å². The van der Waals surface area contributed by atoms with Crippen LogP contribution < -0.4 is 0 Å². The Bertz CT molecular complexity index is 87.5. The van der Waals surface area contributed by atoms with Crippen molar-refractivity contribution in [3.05, 3.63) is 0 Å². The van der Waals surface area contributed by atoms with Gasteiger partial charge in [-0.05, 0) is 6.92 Å². The Balaban J connectivity index is 0. The van der Waals surface area contributed by atoms with E-state index in [0.29, 0.717) is 0 Å². The molecule has 0 heterocycles. The van der Waals surface area contributed by atoms with Crippen LogP contribution in [0.4, 0.5) is 0 Å². The predicted octanol–water partition coefficient (Wildman–Crippen LogP) is 0.0501. The Hall–Kier alpha value is 0.504. The molecular weight excluding hydrogens is 237 g/mol. The molecule has 0 spiro atoms. The molecule has 3 nitrogen and oxygen atoms in total. The van der Waals surface area contributed by atoms with Crippen LogP contribution in [0.1, 0.15) is 13.3 Å². The summed E-state index contributed by atoms with van der Waals surface area (Å²) in [7, 11) is 0. The number of carboxylic acid groups (broad SMARTS) is 1. The van der Waals surface area contributed by atoms with E-state index in [1.54, 1.807) is 0 Å². The molecule has 0 aliphatic rings. The summed E-state index contributed by atoms with van der Waals surface area (Å²) in [6.45, 7) is 1.24. The molecule has 0 fully saturated rings. The second kappa shape index (κ2) is 5.64. The maximum Gasteiger partial charge on any atom is 0.310 e. The average molecular weight is 243 g/mol. The predicted molar refractivity (Wildman–Crippen MR) is 22.9 cm³/mol. The number of hydrogen-bond donors (Lipinski definition) is 1. The Morgan fingerprint density at radius 3 is 1.88 bits per heavy atom. The van der Waals surface area contributed by atoms with Crippen LogP contribution in [-0.2, 0) is 9.59 Å². The number of ketones is 1. The second-order valence-corrected chi connectivity index (χ2v) is 1.27. The molecule has 0 aliphatic heterocycles. The molecule has 0 rings (SSSR count). The molecule has 0 unspecified atom stereocenters. The Morgan fingerprint density at radius 1 is 1.50 bits per heavy atom. The minimum Gasteiger partial charge on any atom is -0.481 e. The van der Waals surface area contributed by atoms with Crippen LogP contribution in [0.5, 0.6) is 0 Å². The van der Waals surface area contributed by atoms with Crippen molar-refractivity contribution in [1.29, 1.82) is 0 Å². The van der Waals surface area contributed by atoms with Crippen molar-refractivity contribution in [2.75, 3.05) is 0 Å². The van der Waals surface area contributed by atoms with E-state index in [-0.39, 0.29) is 53.5 Å². The van der Waals surface area contributed by atoms with Crippen molar-refractivity contribution in [2.24, 2.45) is 0 Å². The van der Waals surface area contributed by atoms with Gasteiger partial charge in [0.15, 0.2) is 0 Å². The molecule has 0 saturated carbocycles. The summed E-state index contributed by atoms with van der Waals surface area (Å²) >= 11 is 0. The number of Topliss-reactive ketones (excluding diaryl/α,β-unsaturated/α-hetero) is 1. The first-order valence-electron chi connectivity index (χ1n) is 1.84. The third kappa shape index (κ3) is 9.71. The van der Waals surface area contributed by atoms with Gasteiger partial charge in [0.1, 0.15) is 12.2 Å². The number of carbonyl (C=O) groups is 2. The molecule has 0 atom stereocenters. The van der Waals surface area contributed by atoms with E-state index in [1.165, 1.54) is 6.92 Å². The van der Waals surface area contributed by atoms with E-state index in [9.17, 15) is 9.59 Å². The van der Waals surface area contributed by atoms with Crippen LogP contribution in [0, 0.1) is 41.3 Å². The van der Waals surface area contributed by atoms with Crippen molar-refractivity contribution in [3.8, 4) is 0 Å². The van der Waals surface area contributed by atoms with Gasteiger partial charge in [0, 0.05) is 41.3 Å². The molecule has 0 amide bonds. The Morgan fingerprint density at radius 2 is 1.88 bits per heavy atom. The second-order valence-electron chi connectivity index (χ2n) is 1.27. The van der Waals surface area contributed by atoms with Crippen LogP contribution in [-0.4, -0.2) is 16.9 Å². The van der Waals surface area contributed by atoms with Crippen molar-refractivity contribution in [3.63, 3.8) is 0 Å². The summed E-state index contributed by atoms with van der Waals surface area (Å²) in [5, 5.41) is 7.86. The monoisotopic (exact) mass is 243 g/mol. The van der Waals surface area contributed by atoms with Crippen molar-refractivity contribution in [2.45, 2.75) is 13.3 Å². The van der Waals surface area contributed by atoms with Crippen molar-refractivity contribution < 1.29 is 56.0 Å². The first-order chi connectivity index (χ1) is 3.13. The molecule has 0 aromatic heterocycles. The normalized spacial score (nSPS) is 7.12. The molecule has 43 valence electrons. The van der Waals surface area contributed by atoms with Gasteiger partial charge in [-0.2, -0.15) is 0 Å². The zero-order chi connectivity index (χ0) is 5.86. The molecule has 0 bridgehead atoms. The molecule has 1 radical (unpaired) electrons. The Kier molecular flexibility index (Phi) is 7.98. The summed E-state index contributed by atoms with van der Waals surface area (Å²) in [6, 6.07) is 0. The van der Waals surface area contributed by atoms with E-state index >= 15 is 0 Å². The van der Waals surface area contributed by atoms with E-state index in [2.05, 4.69) is 0 Å². The van der Waals surface area contributed by atoms with Gasteiger partial charge in [0.2, 0.25) is 0 Å². The van der Waals surface area contributed by atoms with Crippen LogP contribution in [0.3, 0.4) is 0 Å². The third-order valence-electron chi connectivity index (χ3n) is 0.400. The summed E-state index contributed by atoms with van der Waals surface area (Å²) < 4.78 is 0. The van der Waals surface area contributed by atoms with Gasteiger partial charge >= 0.3 is 5.97 Å². The standard InChI is InChI=1S/C4H6O3.Pr/c1-3(5)2-4(6)7;/h2H2,1H3,(H,6,7);. The number of aliphatic carboxylic acids is 1. The van der Waals surface area contributed by atoms with Crippen molar-refractivity contribution >= 4 is 11.8 Å². The van der Waals surface area contributed by atoms with E-state index < -0.39 is 5.97 Å². The van der Waals surface area contributed by atoms with Gasteiger partial charge in [-0.3, -0.25) is 9.59 Å². The zero-order valence-corrected chi connectivity index (χ0v) is 8.25. The zero-order valence-electron chi connectivity index (χ0n) is 4.55. The van der Waals surface area contributed by atoms with Crippen molar-refractivity contribution in [1.82, 2.24) is 0 Å². The van der Waals surface area contributed by atoms with Crippen LogP contribution in [0.15, 0.2) is 0 Å². The maximum absolute atomic E-state index is 9.87. The quantitative estimate of drug-likeness (QED) is 0.697. The fraction of sp³-hybridized carbons (Fsp3) is 0.500. The van der Waals surface area contributed by atoms with Gasteiger partial charge in [0.05, 0.1) is 0 Å². The summed E-state index contributed by atoms with van der Waals surface area (Å²) in [5.74, 6) is -1.37. The van der Waals surface area contributed by atoms with Gasteiger partial charge in [-0.25, -0.2) is 0 Å². The molecule has 0 aromatic carbocycles. The smallest absolute Gasteiger partial charge is 0.310 e.